The van der Waals surface area contributed by atoms with Gasteiger partial charge < -0.3 is 10.6 Å². The SMILES string of the molecule is CCc1ccc(NC(=O)C2CC2C(=O)Nc2cccc(C#N)c2)cc1. The molecule has 0 spiro atoms. The van der Waals surface area contributed by atoms with E-state index in [-0.39, 0.29) is 23.7 Å². The molecule has 1 aliphatic rings. The minimum absolute atomic E-state index is 0.129. The summed E-state index contributed by atoms with van der Waals surface area (Å²) in [4.78, 5) is 24.5. The topological polar surface area (TPSA) is 82.0 Å². The van der Waals surface area contributed by atoms with Gasteiger partial charge in [-0.15, -0.1) is 0 Å². The van der Waals surface area contributed by atoms with Gasteiger partial charge in [-0.25, -0.2) is 0 Å². The fraction of sp³-hybridized carbons (Fsp3) is 0.250. The van der Waals surface area contributed by atoms with Crippen LogP contribution in [0, 0.1) is 23.2 Å². The third-order valence-electron chi connectivity index (χ3n) is 4.35. The number of anilines is 2. The largest absolute Gasteiger partial charge is 0.326 e. The van der Waals surface area contributed by atoms with Crippen molar-refractivity contribution in [1.82, 2.24) is 0 Å². The fourth-order valence-corrected chi connectivity index (χ4v) is 2.73. The molecule has 0 radical (unpaired) electrons. The normalized spacial score (nSPS) is 18.1. The third-order valence-corrected chi connectivity index (χ3v) is 4.35. The number of rotatable bonds is 5. The number of aryl methyl sites for hydroxylation is 1. The second kappa shape index (κ2) is 7.18. The summed E-state index contributed by atoms with van der Waals surface area (Å²) in [7, 11) is 0. The van der Waals surface area contributed by atoms with E-state index in [2.05, 4.69) is 17.6 Å². The smallest absolute Gasteiger partial charge is 0.228 e. The van der Waals surface area contributed by atoms with E-state index < -0.39 is 0 Å². The number of amides is 2. The van der Waals surface area contributed by atoms with Crippen LogP contribution >= 0.6 is 0 Å². The van der Waals surface area contributed by atoms with E-state index in [1.807, 2.05) is 30.3 Å². The highest BCUT2D eigenvalue weighted by molar-refractivity contribution is 6.03. The Kier molecular flexibility index (Phi) is 4.80. The molecule has 0 saturated heterocycles. The lowest BCUT2D eigenvalue weighted by Gasteiger charge is -2.07. The zero-order valence-electron chi connectivity index (χ0n) is 14.0. The molecule has 2 atom stereocenters. The van der Waals surface area contributed by atoms with E-state index in [0.29, 0.717) is 17.7 Å². The van der Waals surface area contributed by atoms with Crippen LogP contribution in [0.5, 0.6) is 0 Å². The van der Waals surface area contributed by atoms with Gasteiger partial charge in [-0.3, -0.25) is 9.59 Å². The van der Waals surface area contributed by atoms with Crippen molar-refractivity contribution in [2.24, 2.45) is 11.8 Å². The van der Waals surface area contributed by atoms with Crippen molar-refractivity contribution in [2.75, 3.05) is 10.6 Å². The lowest BCUT2D eigenvalue weighted by molar-refractivity contribution is -0.122. The first kappa shape index (κ1) is 16.7. The molecule has 2 aromatic rings. The van der Waals surface area contributed by atoms with E-state index in [4.69, 9.17) is 5.26 Å². The van der Waals surface area contributed by atoms with Crippen LogP contribution < -0.4 is 10.6 Å². The van der Waals surface area contributed by atoms with Crippen molar-refractivity contribution >= 4 is 23.2 Å². The van der Waals surface area contributed by atoms with Gasteiger partial charge in [0.1, 0.15) is 0 Å². The maximum Gasteiger partial charge on any atom is 0.228 e. The number of nitrogens with one attached hydrogen (secondary N) is 2. The van der Waals surface area contributed by atoms with E-state index in [1.54, 1.807) is 24.3 Å². The maximum atomic E-state index is 12.3. The highest BCUT2D eigenvalue weighted by Crippen LogP contribution is 2.40. The lowest BCUT2D eigenvalue weighted by atomic mass is 10.1. The van der Waals surface area contributed by atoms with Crippen LogP contribution in [0.25, 0.3) is 0 Å². The first-order chi connectivity index (χ1) is 12.1. The molecule has 0 heterocycles. The fourth-order valence-electron chi connectivity index (χ4n) is 2.73. The molecule has 0 aromatic heterocycles. The van der Waals surface area contributed by atoms with Crippen LogP contribution in [-0.2, 0) is 16.0 Å². The molecule has 0 aliphatic heterocycles. The molecule has 3 rings (SSSR count). The Morgan fingerprint density at radius 3 is 2.28 bits per heavy atom. The number of nitrogens with zero attached hydrogens (tertiary/aromatic N) is 1. The Morgan fingerprint density at radius 2 is 1.68 bits per heavy atom. The highest BCUT2D eigenvalue weighted by atomic mass is 16.2. The van der Waals surface area contributed by atoms with Crippen LogP contribution in [0.2, 0.25) is 0 Å². The molecule has 5 nitrogen and oxygen atoms in total. The minimum atomic E-state index is -0.319. The molecule has 0 bridgehead atoms. The van der Waals surface area contributed by atoms with Crippen LogP contribution in [-0.4, -0.2) is 11.8 Å². The molecular weight excluding hydrogens is 314 g/mol. The molecule has 1 aliphatic carbocycles. The summed E-state index contributed by atoms with van der Waals surface area (Å²) in [6.07, 6.45) is 1.49. The molecule has 2 amide bonds. The van der Waals surface area contributed by atoms with Crippen molar-refractivity contribution < 1.29 is 9.59 Å². The van der Waals surface area contributed by atoms with Gasteiger partial charge in [-0.1, -0.05) is 25.1 Å². The van der Waals surface area contributed by atoms with E-state index in [1.165, 1.54) is 5.56 Å². The number of hydrogen-bond donors (Lipinski definition) is 2. The summed E-state index contributed by atoms with van der Waals surface area (Å²) in [6, 6.07) is 16.5. The van der Waals surface area contributed by atoms with Gasteiger partial charge in [0.05, 0.1) is 23.5 Å². The lowest BCUT2D eigenvalue weighted by Crippen LogP contribution is -2.20. The molecule has 126 valence electrons. The maximum absolute atomic E-state index is 12.3. The van der Waals surface area contributed by atoms with Crippen LogP contribution in [0.15, 0.2) is 48.5 Å². The predicted octanol–water partition coefficient (Wildman–Crippen LogP) is 3.33. The number of carbonyl (C=O) groups excluding carboxylic acids is 2. The molecule has 2 N–H and O–H groups in total. The van der Waals surface area contributed by atoms with Crippen molar-refractivity contribution in [3.63, 3.8) is 0 Å². The van der Waals surface area contributed by atoms with E-state index >= 15 is 0 Å². The van der Waals surface area contributed by atoms with Crippen LogP contribution in [0.1, 0.15) is 24.5 Å². The summed E-state index contributed by atoms with van der Waals surface area (Å²) in [6.45, 7) is 2.08. The zero-order chi connectivity index (χ0) is 17.8. The summed E-state index contributed by atoms with van der Waals surface area (Å²) >= 11 is 0. The van der Waals surface area contributed by atoms with Crippen molar-refractivity contribution in [2.45, 2.75) is 19.8 Å². The van der Waals surface area contributed by atoms with Crippen molar-refractivity contribution in [1.29, 1.82) is 5.26 Å². The zero-order valence-corrected chi connectivity index (χ0v) is 14.0. The van der Waals surface area contributed by atoms with Gasteiger partial charge >= 0.3 is 0 Å². The second-order valence-electron chi connectivity index (χ2n) is 6.17. The summed E-state index contributed by atoms with van der Waals surface area (Å²) < 4.78 is 0. The molecule has 1 saturated carbocycles. The second-order valence-corrected chi connectivity index (χ2v) is 6.17. The van der Waals surface area contributed by atoms with Gasteiger partial charge in [0, 0.05) is 11.4 Å². The minimum Gasteiger partial charge on any atom is -0.326 e. The molecule has 2 aromatic carbocycles. The monoisotopic (exact) mass is 333 g/mol. The van der Waals surface area contributed by atoms with Crippen LogP contribution in [0.3, 0.4) is 0 Å². The Morgan fingerprint density at radius 1 is 1.04 bits per heavy atom. The average molecular weight is 333 g/mol. The van der Waals surface area contributed by atoms with Crippen molar-refractivity contribution in [3.8, 4) is 6.07 Å². The Hall–Kier alpha value is -3.13. The molecular formula is C20H19N3O2. The standard InChI is InChI=1S/C20H19N3O2/c1-2-13-6-8-15(9-7-13)22-19(24)17-11-18(17)20(25)23-16-5-3-4-14(10-16)12-21/h3-10,17-18H,2,11H2,1H3,(H,22,24)(H,23,25). The number of nitriles is 1. The Labute approximate surface area is 146 Å². The van der Waals surface area contributed by atoms with Gasteiger partial charge in [0.15, 0.2) is 0 Å². The quantitative estimate of drug-likeness (QED) is 0.880. The predicted molar refractivity (Wildman–Crippen MR) is 95.8 cm³/mol. The van der Waals surface area contributed by atoms with Gasteiger partial charge in [0.25, 0.3) is 0 Å². The Balaban J connectivity index is 1.55. The highest BCUT2D eigenvalue weighted by Gasteiger charge is 2.48. The van der Waals surface area contributed by atoms with Gasteiger partial charge in [0.2, 0.25) is 11.8 Å². The summed E-state index contributed by atoms with van der Waals surface area (Å²) in [5.41, 5.74) is 3.01. The molecule has 2 unspecified atom stereocenters. The summed E-state index contributed by atoms with van der Waals surface area (Å²) in [5, 5.41) is 14.5. The molecule has 5 heteroatoms. The Bertz CT molecular complexity index is 837. The first-order valence-electron chi connectivity index (χ1n) is 8.31. The van der Waals surface area contributed by atoms with Gasteiger partial charge in [-0.05, 0) is 48.7 Å². The molecule has 1 fully saturated rings. The average Bonchev–Trinajstić information content (AvgIpc) is 3.43. The van der Waals surface area contributed by atoms with E-state index in [9.17, 15) is 9.59 Å². The third kappa shape index (κ3) is 4.04. The summed E-state index contributed by atoms with van der Waals surface area (Å²) in [5.74, 6) is -0.933. The molecule has 25 heavy (non-hydrogen) atoms. The number of hydrogen-bond acceptors (Lipinski definition) is 3. The number of carbonyl (C=O) groups is 2. The number of benzene rings is 2. The van der Waals surface area contributed by atoms with E-state index in [0.717, 1.165) is 12.1 Å². The van der Waals surface area contributed by atoms with Crippen LogP contribution in [0.4, 0.5) is 11.4 Å². The van der Waals surface area contributed by atoms with Crippen molar-refractivity contribution in [3.05, 3.63) is 59.7 Å². The van der Waals surface area contributed by atoms with Gasteiger partial charge in [-0.2, -0.15) is 5.26 Å². The first-order valence-corrected chi connectivity index (χ1v) is 8.31.